The van der Waals surface area contributed by atoms with Crippen LogP contribution in [0.2, 0.25) is 5.02 Å². The molecule has 0 radical (unpaired) electrons. The van der Waals surface area contributed by atoms with E-state index in [4.69, 9.17) is 11.6 Å². The molecule has 2 aromatic carbocycles. The topological polar surface area (TPSA) is 61.4 Å². The summed E-state index contributed by atoms with van der Waals surface area (Å²) in [7, 11) is 2.13. The number of aromatic nitrogens is 2. The van der Waals surface area contributed by atoms with Crippen LogP contribution >= 0.6 is 23.4 Å². The second kappa shape index (κ2) is 8.47. The third-order valence-corrected chi connectivity index (χ3v) is 7.92. The zero-order valence-corrected chi connectivity index (χ0v) is 21.9. The number of rotatable bonds is 3. The molecule has 0 unspecified atom stereocenters. The molecule has 182 valence electrons. The molecule has 6 nitrogen and oxygen atoms in total. The number of para-hydroxylation sites is 1. The Balaban J connectivity index is 1.46. The van der Waals surface area contributed by atoms with Crippen LogP contribution < -0.4 is 10.2 Å². The summed E-state index contributed by atoms with van der Waals surface area (Å²) >= 11 is 7.66. The van der Waals surface area contributed by atoms with Crippen LogP contribution in [0.4, 0.5) is 21.7 Å². The summed E-state index contributed by atoms with van der Waals surface area (Å²) in [6.45, 7) is 10.1. The van der Waals surface area contributed by atoms with E-state index in [0.717, 1.165) is 18.8 Å². The zero-order valence-electron chi connectivity index (χ0n) is 20.3. The van der Waals surface area contributed by atoms with E-state index in [2.05, 4.69) is 53.2 Å². The Kier molecular flexibility index (Phi) is 5.81. The summed E-state index contributed by atoms with van der Waals surface area (Å²) in [4.78, 5) is 25.4. The summed E-state index contributed by atoms with van der Waals surface area (Å²) in [5.41, 5.74) is 3.97. The van der Waals surface area contributed by atoms with Gasteiger partial charge in [-0.05, 0) is 56.3 Å². The predicted octanol–water partition coefficient (Wildman–Crippen LogP) is 6.22. The first-order valence-electron chi connectivity index (χ1n) is 11.4. The maximum Gasteiger partial charge on any atom is 0.263 e. The lowest BCUT2D eigenvalue weighted by molar-refractivity contribution is 0.0968. The van der Waals surface area contributed by atoms with Crippen molar-refractivity contribution in [3.8, 4) is 0 Å². The van der Waals surface area contributed by atoms with Crippen LogP contribution in [-0.4, -0.2) is 39.2 Å². The third-order valence-electron chi connectivity index (χ3n) is 6.43. The second-order valence-corrected chi connectivity index (χ2v) is 12.2. The van der Waals surface area contributed by atoms with Crippen molar-refractivity contribution in [1.29, 1.82) is 0 Å². The molecule has 35 heavy (non-hydrogen) atoms. The van der Waals surface area contributed by atoms with Gasteiger partial charge in [0.15, 0.2) is 0 Å². The van der Waals surface area contributed by atoms with E-state index in [-0.39, 0.29) is 22.0 Å². The van der Waals surface area contributed by atoms with Gasteiger partial charge < -0.3 is 10.2 Å². The van der Waals surface area contributed by atoms with E-state index in [1.54, 1.807) is 6.07 Å². The fraction of sp³-hybridized carbons (Fsp3) is 0.346. The molecule has 1 aromatic heterocycles. The van der Waals surface area contributed by atoms with Gasteiger partial charge in [-0.1, -0.05) is 49.3 Å². The number of carbonyl (C=O) groups excluding carboxylic acids is 1. The normalized spacial score (nSPS) is 18.7. The number of nitrogens with one attached hydrogen (secondary N) is 1. The number of fused-ring (bicyclic) bond motifs is 2. The minimum absolute atomic E-state index is 0.0615. The molecule has 2 aliphatic rings. The number of likely N-dealkylation sites (N-methyl/N-ethyl adjacent to an activating group) is 1. The SMILES string of the molecule is CN1Cc2cc(Nc3ncc4c(n3)SC(C)(C)N(c3c(F)cccc3Cl)C4=O)ccc2C(C)(C)C1. The number of nitrogens with zero attached hydrogens (tertiary/aromatic N) is 4. The number of amides is 1. The van der Waals surface area contributed by atoms with Crippen LogP contribution in [0.1, 0.15) is 49.2 Å². The highest BCUT2D eigenvalue weighted by atomic mass is 35.5. The molecule has 0 fully saturated rings. The lowest BCUT2D eigenvalue weighted by Crippen LogP contribution is -2.49. The molecule has 3 heterocycles. The molecule has 5 rings (SSSR count). The number of anilines is 3. The third kappa shape index (κ3) is 4.28. The summed E-state index contributed by atoms with van der Waals surface area (Å²) < 4.78 is 14.7. The van der Waals surface area contributed by atoms with Crippen molar-refractivity contribution >= 4 is 46.6 Å². The second-order valence-electron chi connectivity index (χ2n) is 10.2. The fourth-order valence-corrected chi connectivity index (χ4v) is 6.44. The van der Waals surface area contributed by atoms with Crippen LogP contribution in [0.15, 0.2) is 47.6 Å². The average Bonchev–Trinajstić information content (AvgIpc) is 2.74. The van der Waals surface area contributed by atoms with E-state index in [9.17, 15) is 9.18 Å². The van der Waals surface area contributed by atoms with Gasteiger partial charge in [-0.25, -0.2) is 14.4 Å². The molecule has 0 saturated heterocycles. The van der Waals surface area contributed by atoms with E-state index in [1.807, 2.05) is 19.9 Å². The van der Waals surface area contributed by atoms with Crippen molar-refractivity contribution in [2.45, 2.75) is 49.6 Å². The van der Waals surface area contributed by atoms with Crippen LogP contribution in [0.25, 0.3) is 0 Å². The van der Waals surface area contributed by atoms with Gasteiger partial charge in [0.1, 0.15) is 10.8 Å². The molecule has 0 aliphatic carbocycles. The summed E-state index contributed by atoms with van der Waals surface area (Å²) in [6, 6.07) is 10.7. The zero-order chi connectivity index (χ0) is 25.1. The number of thioether (sulfide) groups is 1. The number of carbonyl (C=O) groups is 1. The lowest BCUT2D eigenvalue weighted by atomic mass is 9.78. The molecule has 0 bridgehead atoms. The maximum absolute atomic E-state index is 14.7. The molecule has 0 atom stereocenters. The van der Waals surface area contributed by atoms with Crippen molar-refractivity contribution in [3.05, 3.63) is 70.1 Å². The first-order chi connectivity index (χ1) is 16.5. The Morgan fingerprint density at radius 1 is 1.17 bits per heavy atom. The number of halogens is 2. The van der Waals surface area contributed by atoms with E-state index >= 15 is 0 Å². The van der Waals surface area contributed by atoms with E-state index in [1.165, 1.54) is 46.1 Å². The minimum atomic E-state index is -0.816. The van der Waals surface area contributed by atoms with Crippen LogP contribution in [0.3, 0.4) is 0 Å². The molecular formula is C26H27ClFN5OS. The number of hydrogen-bond acceptors (Lipinski definition) is 6. The number of benzene rings is 2. The highest BCUT2D eigenvalue weighted by Gasteiger charge is 2.43. The van der Waals surface area contributed by atoms with Crippen LogP contribution in [0.5, 0.6) is 0 Å². The van der Waals surface area contributed by atoms with E-state index in [0.29, 0.717) is 16.5 Å². The largest absolute Gasteiger partial charge is 0.324 e. The highest BCUT2D eigenvalue weighted by Crippen LogP contribution is 2.47. The van der Waals surface area contributed by atoms with Crippen molar-refractivity contribution in [2.75, 3.05) is 23.8 Å². The van der Waals surface area contributed by atoms with Crippen molar-refractivity contribution in [3.63, 3.8) is 0 Å². The van der Waals surface area contributed by atoms with Gasteiger partial charge in [-0.15, -0.1) is 0 Å². The van der Waals surface area contributed by atoms with Gasteiger partial charge >= 0.3 is 0 Å². The Bertz CT molecular complexity index is 1330. The smallest absolute Gasteiger partial charge is 0.263 e. The molecule has 9 heteroatoms. The molecule has 3 aromatic rings. The molecule has 1 amide bonds. The Hall–Kier alpha value is -2.68. The van der Waals surface area contributed by atoms with Gasteiger partial charge in [-0.3, -0.25) is 9.69 Å². The van der Waals surface area contributed by atoms with Gasteiger partial charge in [0.25, 0.3) is 5.91 Å². The van der Waals surface area contributed by atoms with Crippen LogP contribution in [0, 0.1) is 5.82 Å². The van der Waals surface area contributed by atoms with E-state index < -0.39 is 10.7 Å². The van der Waals surface area contributed by atoms with Gasteiger partial charge in [0, 0.05) is 30.4 Å². The van der Waals surface area contributed by atoms with Gasteiger partial charge in [0.2, 0.25) is 5.95 Å². The van der Waals surface area contributed by atoms with Gasteiger partial charge in [0.05, 0.1) is 21.1 Å². The van der Waals surface area contributed by atoms with Crippen molar-refractivity contribution in [2.24, 2.45) is 0 Å². The Morgan fingerprint density at radius 2 is 1.94 bits per heavy atom. The molecule has 0 saturated carbocycles. The predicted molar refractivity (Wildman–Crippen MR) is 139 cm³/mol. The Morgan fingerprint density at radius 3 is 2.69 bits per heavy atom. The number of hydrogen-bond donors (Lipinski definition) is 1. The summed E-state index contributed by atoms with van der Waals surface area (Å²) in [6.07, 6.45) is 1.49. The molecular weight excluding hydrogens is 485 g/mol. The lowest BCUT2D eigenvalue weighted by Gasteiger charge is -2.41. The molecule has 1 N–H and O–H groups in total. The quantitative estimate of drug-likeness (QED) is 0.421. The van der Waals surface area contributed by atoms with Crippen molar-refractivity contribution in [1.82, 2.24) is 14.9 Å². The maximum atomic E-state index is 14.7. The average molecular weight is 512 g/mol. The van der Waals surface area contributed by atoms with Gasteiger partial charge in [-0.2, -0.15) is 0 Å². The summed E-state index contributed by atoms with van der Waals surface area (Å²) in [5.74, 6) is -0.537. The fourth-order valence-electron chi connectivity index (χ4n) is 5.07. The van der Waals surface area contributed by atoms with Crippen LogP contribution in [-0.2, 0) is 12.0 Å². The summed E-state index contributed by atoms with van der Waals surface area (Å²) in [5, 5.41) is 4.01. The molecule has 2 aliphatic heterocycles. The monoisotopic (exact) mass is 511 g/mol. The first kappa shape index (κ1) is 24.0. The highest BCUT2D eigenvalue weighted by molar-refractivity contribution is 8.00. The molecule has 0 spiro atoms. The minimum Gasteiger partial charge on any atom is -0.324 e. The standard InChI is InChI=1S/C26H27ClFN5OS/c1-25(2)14-32(5)13-15-11-16(9-10-18(15)25)30-24-29-12-17-22(31-24)35-26(3,4)33(23(17)34)21-19(27)7-6-8-20(21)28/h6-12H,13-14H2,1-5H3,(H,29,30,31). The first-order valence-corrected chi connectivity index (χ1v) is 12.6. The van der Waals surface area contributed by atoms with Crippen molar-refractivity contribution < 1.29 is 9.18 Å². The Labute approximate surface area is 213 Å².